The van der Waals surface area contributed by atoms with Crippen molar-refractivity contribution in [3.05, 3.63) is 11.4 Å². The van der Waals surface area contributed by atoms with Crippen LogP contribution in [0.2, 0.25) is 0 Å². The molecule has 0 aliphatic carbocycles. The fourth-order valence-corrected chi connectivity index (χ4v) is 3.11. The molecule has 0 spiro atoms. The number of methoxy groups -OCH3 is 1. The number of hydrogen-bond donors (Lipinski definition) is 1. The monoisotopic (exact) mass is 322 g/mol. The van der Waals surface area contributed by atoms with Crippen LogP contribution in [0.3, 0.4) is 0 Å². The normalized spacial score (nSPS) is 22.1. The molecule has 1 N–H and O–H groups in total. The second-order valence-electron chi connectivity index (χ2n) is 6.40. The van der Waals surface area contributed by atoms with Gasteiger partial charge in [-0.3, -0.25) is 4.90 Å². The van der Waals surface area contributed by atoms with Crippen LogP contribution in [-0.4, -0.2) is 60.4 Å². The lowest BCUT2D eigenvalue weighted by atomic mass is 10.2. The summed E-state index contributed by atoms with van der Waals surface area (Å²) in [5, 5.41) is 3.41. The van der Waals surface area contributed by atoms with Gasteiger partial charge >= 0.3 is 0 Å². The molecule has 2 rings (SSSR count). The number of nitrogens with one attached hydrogen (secondary N) is 1. The van der Waals surface area contributed by atoms with Crippen LogP contribution in [-0.2, 0) is 4.74 Å². The number of hydrogen-bond acceptors (Lipinski definition) is 6. The van der Waals surface area contributed by atoms with Gasteiger partial charge in [0, 0.05) is 19.6 Å². The summed E-state index contributed by atoms with van der Waals surface area (Å²) in [5.41, 5.74) is 0.967. The lowest BCUT2D eigenvalue weighted by molar-refractivity contribution is -0.0681. The highest BCUT2D eigenvalue weighted by Crippen LogP contribution is 2.21. The first-order valence-corrected chi connectivity index (χ1v) is 8.50. The van der Waals surface area contributed by atoms with Crippen molar-refractivity contribution in [3.8, 4) is 5.88 Å². The number of rotatable bonds is 7. The van der Waals surface area contributed by atoms with E-state index in [1.807, 2.05) is 13.8 Å². The third-order valence-electron chi connectivity index (χ3n) is 4.10. The van der Waals surface area contributed by atoms with Gasteiger partial charge in [-0.1, -0.05) is 0 Å². The summed E-state index contributed by atoms with van der Waals surface area (Å²) in [5.74, 6) is 2.26. The van der Waals surface area contributed by atoms with E-state index in [2.05, 4.69) is 34.0 Å². The van der Waals surface area contributed by atoms with E-state index in [0.717, 1.165) is 49.8 Å². The van der Waals surface area contributed by atoms with Crippen molar-refractivity contribution in [3.63, 3.8) is 0 Å². The standard InChI is InChI=1S/C17H30N4O2/c1-12-10-21(11-13(2)23-12)9-7-6-8-18-16-14(3)17(22-5)20-15(4)19-16/h12-13H,6-11H2,1-5H3,(H,18,19,20). The van der Waals surface area contributed by atoms with E-state index in [1.165, 1.54) is 6.42 Å². The summed E-state index contributed by atoms with van der Waals surface area (Å²) in [4.78, 5) is 11.2. The minimum absolute atomic E-state index is 0.344. The van der Waals surface area contributed by atoms with Crippen LogP contribution in [0.15, 0.2) is 0 Å². The third-order valence-corrected chi connectivity index (χ3v) is 4.10. The fraction of sp³-hybridized carbons (Fsp3) is 0.765. The number of aromatic nitrogens is 2. The van der Waals surface area contributed by atoms with Crippen LogP contribution in [0, 0.1) is 13.8 Å². The second-order valence-corrected chi connectivity index (χ2v) is 6.40. The van der Waals surface area contributed by atoms with Crippen molar-refractivity contribution in [1.82, 2.24) is 14.9 Å². The van der Waals surface area contributed by atoms with E-state index >= 15 is 0 Å². The molecular weight excluding hydrogens is 292 g/mol. The predicted octanol–water partition coefficient (Wildman–Crippen LogP) is 2.40. The summed E-state index contributed by atoms with van der Waals surface area (Å²) >= 11 is 0. The minimum atomic E-state index is 0.344. The van der Waals surface area contributed by atoms with Gasteiger partial charge < -0.3 is 14.8 Å². The Bertz CT molecular complexity index is 500. The molecule has 1 saturated heterocycles. The maximum Gasteiger partial charge on any atom is 0.221 e. The van der Waals surface area contributed by atoms with E-state index in [4.69, 9.17) is 9.47 Å². The van der Waals surface area contributed by atoms with Gasteiger partial charge in [-0.2, -0.15) is 4.98 Å². The van der Waals surface area contributed by atoms with E-state index in [-0.39, 0.29) is 0 Å². The molecule has 1 fully saturated rings. The molecule has 1 aliphatic heterocycles. The van der Waals surface area contributed by atoms with Crippen molar-refractivity contribution in [2.75, 3.05) is 38.6 Å². The highest BCUT2D eigenvalue weighted by Gasteiger charge is 2.21. The second kappa shape index (κ2) is 8.45. The van der Waals surface area contributed by atoms with E-state index in [9.17, 15) is 0 Å². The summed E-state index contributed by atoms with van der Waals surface area (Å²) < 4.78 is 11.1. The molecule has 0 radical (unpaired) electrons. The first-order chi connectivity index (χ1) is 11.0. The molecular formula is C17H30N4O2. The molecule has 0 saturated carbocycles. The van der Waals surface area contributed by atoms with Gasteiger partial charge in [0.05, 0.1) is 24.9 Å². The van der Waals surface area contributed by atoms with E-state index in [1.54, 1.807) is 7.11 Å². The Morgan fingerprint density at radius 1 is 1.17 bits per heavy atom. The molecule has 23 heavy (non-hydrogen) atoms. The Hall–Kier alpha value is -1.40. The maximum absolute atomic E-state index is 5.77. The zero-order chi connectivity index (χ0) is 16.8. The van der Waals surface area contributed by atoms with Crippen molar-refractivity contribution in [1.29, 1.82) is 0 Å². The SMILES string of the molecule is COc1nc(C)nc(NCCCCN2CC(C)OC(C)C2)c1C. The molecule has 0 aromatic carbocycles. The van der Waals surface area contributed by atoms with Gasteiger partial charge in [0.1, 0.15) is 11.6 Å². The average molecular weight is 322 g/mol. The number of anilines is 1. The van der Waals surface area contributed by atoms with E-state index in [0.29, 0.717) is 18.1 Å². The Morgan fingerprint density at radius 3 is 2.52 bits per heavy atom. The van der Waals surface area contributed by atoms with E-state index < -0.39 is 0 Å². The summed E-state index contributed by atoms with van der Waals surface area (Å²) in [6.07, 6.45) is 2.98. The summed E-state index contributed by atoms with van der Waals surface area (Å²) in [6, 6.07) is 0. The molecule has 0 bridgehead atoms. The topological polar surface area (TPSA) is 59.5 Å². The van der Waals surface area contributed by atoms with Gasteiger partial charge in [-0.05, 0) is 47.1 Å². The lowest BCUT2D eigenvalue weighted by Gasteiger charge is -2.35. The van der Waals surface area contributed by atoms with Crippen molar-refractivity contribution in [2.24, 2.45) is 0 Å². The van der Waals surface area contributed by atoms with Gasteiger partial charge in [-0.25, -0.2) is 4.98 Å². The third kappa shape index (κ3) is 5.32. The maximum atomic E-state index is 5.77. The van der Waals surface area contributed by atoms with Crippen LogP contribution >= 0.6 is 0 Å². The smallest absolute Gasteiger partial charge is 0.221 e. The number of unbranched alkanes of at least 4 members (excludes halogenated alkanes) is 1. The Kier molecular flexibility index (Phi) is 6.59. The van der Waals surface area contributed by atoms with Gasteiger partial charge in [0.2, 0.25) is 5.88 Å². The first-order valence-electron chi connectivity index (χ1n) is 8.50. The van der Waals surface area contributed by atoms with Crippen LogP contribution in [0.1, 0.15) is 38.1 Å². The molecule has 0 amide bonds. The van der Waals surface area contributed by atoms with Crippen LogP contribution < -0.4 is 10.1 Å². The lowest BCUT2D eigenvalue weighted by Crippen LogP contribution is -2.45. The summed E-state index contributed by atoms with van der Waals surface area (Å²) in [6.45, 7) is 12.3. The van der Waals surface area contributed by atoms with Gasteiger partial charge in [-0.15, -0.1) is 0 Å². The fourth-order valence-electron chi connectivity index (χ4n) is 3.11. The van der Waals surface area contributed by atoms with Crippen LogP contribution in [0.25, 0.3) is 0 Å². The summed E-state index contributed by atoms with van der Waals surface area (Å²) in [7, 11) is 1.64. The number of ether oxygens (including phenoxy) is 2. The van der Waals surface area contributed by atoms with Crippen molar-refractivity contribution in [2.45, 2.75) is 52.7 Å². The average Bonchev–Trinajstić information content (AvgIpc) is 2.48. The zero-order valence-electron chi connectivity index (χ0n) is 15.1. The van der Waals surface area contributed by atoms with Gasteiger partial charge in [0.15, 0.2) is 0 Å². The molecule has 6 nitrogen and oxygen atoms in total. The minimum Gasteiger partial charge on any atom is -0.481 e. The van der Waals surface area contributed by atoms with Gasteiger partial charge in [0.25, 0.3) is 0 Å². The quantitative estimate of drug-likeness (QED) is 0.778. The van der Waals surface area contributed by atoms with Crippen molar-refractivity contribution < 1.29 is 9.47 Å². The first kappa shape index (κ1) is 17.9. The molecule has 130 valence electrons. The Morgan fingerprint density at radius 2 is 1.87 bits per heavy atom. The number of morpholine rings is 1. The van der Waals surface area contributed by atoms with Crippen LogP contribution in [0.5, 0.6) is 5.88 Å². The molecule has 1 aromatic rings. The highest BCUT2D eigenvalue weighted by molar-refractivity contribution is 5.48. The van der Waals surface area contributed by atoms with Crippen LogP contribution in [0.4, 0.5) is 5.82 Å². The number of aryl methyl sites for hydroxylation is 1. The highest BCUT2D eigenvalue weighted by atomic mass is 16.5. The predicted molar refractivity (Wildman–Crippen MR) is 92.2 cm³/mol. The molecule has 1 aromatic heterocycles. The molecule has 2 unspecified atom stereocenters. The Labute approximate surface area is 139 Å². The van der Waals surface area contributed by atoms with Crippen molar-refractivity contribution >= 4 is 5.82 Å². The molecule has 2 atom stereocenters. The largest absolute Gasteiger partial charge is 0.481 e. The Balaban J connectivity index is 1.72. The zero-order valence-corrected chi connectivity index (χ0v) is 15.1. The molecule has 2 heterocycles. The molecule has 6 heteroatoms. The number of nitrogens with zero attached hydrogens (tertiary/aromatic N) is 3. The molecule has 1 aliphatic rings.